The van der Waals surface area contributed by atoms with Crippen LogP contribution in [0.15, 0.2) is 54.6 Å². The number of nitrogens with one attached hydrogen (secondary N) is 1. The predicted octanol–water partition coefficient (Wildman–Crippen LogP) is 2.98. The smallest absolute Gasteiger partial charge is 0.233 e. The second-order valence-electron chi connectivity index (χ2n) is 5.55. The first-order valence-electron chi connectivity index (χ1n) is 7.31. The SMILES string of the molecule is O=C(NCC1Cc2ccccc21)C(S)Cc1ccccc1. The van der Waals surface area contributed by atoms with Gasteiger partial charge in [0.15, 0.2) is 0 Å². The fourth-order valence-electron chi connectivity index (χ4n) is 2.82. The van der Waals surface area contributed by atoms with Gasteiger partial charge in [-0.2, -0.15) is 12.6 Å². The minimum Gasteiger partial charge on any atom is -0.355 e. The molecule has 1 amide bonds. The van der Waals surface area contributed by atoms with Crippen molar-refractivity contribution in [2.75, 3.05) is 6.54 Å². The van der Waals surface area contributed by atoms with Crippen LogP contribution in [-0.2, 0) is 17.6 Å². The van der Waals surface area contributed by atoms with Gasteiger partial charge in [-0.3, -0.25) is 4.79 Å². The average Bonchev–Trinajstić information content (AvgIpc) is 2.49. The largest absolute Gasteiger partial charge is 0.355 e. The lowest BCUT2D eigenvalue weighted by atomic mass is 9.77. The molecule has 0 saturated heterocycles. The standard InChI is InChI=1S/C18H19NOS/c20-18(17(21)10-13-6-2-1-3-7-13)19-12-15-11-14-8-4-5-9-16(14)15/h1-9,15,17,21H,10-12H2,(H,19,20). The average molecular weight is 297 g/mol. The van der Waals surface area contributed by atoms with E-state index in [-0.39, 0.29) is 11.2 Å². The fraction of sp³-hybridized carbons (Fsp3) is 0.278. The lowest BCUT2D eigenvalue weighted by Gasteiger charge is -2.30. The van der Waals surface area contributed by atoms with E-state index in [4.69, 9.17) is 0 Å². The lowest BCUT2D eigenvalue weighted by Crippen LogP contribution is -2.38. The number of thiol groups is 1. The van der Waals surface area contributed by atoms with Crippen LogP contribution in [0.4, 0.5) is 0 Å². The van der Waals surface area contributed by atoms with Gasteiger partial charge < -0.3 is 5.32 Å². The zero-order valence-electron chi connectivity index (χ0n) is 11.8. The number of fused-ring (bicyclic) bond motifs is 1. The maximum absolute atomic E-state index is 12.1. The van der Waals surface area contributed by atoms with E-state index in [1.807, 2.05) is 30.3 Å². The summed E-state index contributed by atoms with van der Waals surface area (Å²) < 4.78 is 0. The molecule has 2 atom stereocenters. The Labute approximate surface area is 131 Å². The number of amides is 1. The highest BCUT2D eigenvalue weighted by Crippen LogP contribution is 2.34. The Hall–Kier alpha value is -1.74. The molecular formula is C18H19NOS. The molecule has 0 bridgehead atoms. The molecule has 108 valence electrons. The molecule has 1 aliphatic carbocycles. The number of carbonyl (C=O) groups is 1. The number of hydrogen-bond acceptors (Lipinski definition) is 2. The van der Waals surface area contributed by atoms with Gasteiger partial charge in [0.25, 0.3) is 0 Å². The van der Waals surface area contributed by atoms with Gasteiger partial charge >= 0.3 is 0 Å². The Morgan fingerprint density at radius 3 is 2.62 bits per heavy atom. The molecule has 0 aliphatic heterocycles. The van der Waals surface area contributed by atoms with Crippen LogP contribution in [0, 0.1) is 0 Å². The number of carbonyl (C=O) groups excluding carboxylic acids is 1. The zero-order valence-corrected chi connectivity index (χ0v) is 12.7. The summed E-state index contributed by atoms with van der Waals surface area (Å²) in [5, 5.41) is 2.74. The Morgan fingerprint density at radius 2 is 1.86 bits per heavy atom. The summed E-state index contributed by atoms with van der Waals surface area (Å²) in [4.78, 5) is 12.1. The monoisotopic (exact) mass is 297 g/mol. The maximum Gasteiger partial charge on any atom is 0.233 e. The third-order valence-electron chi connectivity index (χ3n) is 4.06. The van der Waals surface area contributed by atoms with Crippen LogP contribution in [-0.4, -0.2) is 17.7 Å². The van der Waals surface area contributed by atoms with Gasteiger partial charge in [0, 0.05) is 12.5 Å². The Kier molecular flexibility index (Phi) is 4.30. The first kappa shape index (κ1) is 14.2. The first-order valence-corrected chi connectivity index (χ1v) is 7.83. The van der Waals surface area contributed by atoms with Gasteiger partial charge in [0.2, 0.25) is 5.91 Å². The molecule has 0 aromatic heterocycles. The molecule has 0 radical (unpaired) electrons. The quantitative estimate of drug-likeness (QED) is 0.816. The number of benzene rings is 2. The molecule has 0 saturated carbocycles. The molecule has 0 fully saturated rings. The topological polar surface area (TPSA) is 29.1 Å². The summed E-state index contributed by atoms with van der Waals surface area (Å²) in [6, 6.07) is 18.4. The van der Waals surface area contributed by atoms with E-state index in [9.17, 15) is 4.79 Å². The molecule has 1 N–H and O–H groups in total. The van der Waals surface area contributed by atoms with Crippen LogP contribution >= 0.6 is 12.6 Å². The van der Waals surface area contributed by atoms with E-state index >= 15 is 0 Å². The van der Waals surface area contributed by atoms with Crippen LogP contribution in [0.5, 0.6) is 0 Å². The van der Waals surface area contributed by atoms with Gasteiger partial charge in [0.1, 0.15) is 0 Å². The summed E-state index contributed by atoms with van der Waals surface area (Å²) in [5.74, 6) is 0.481. The van der Waals surface area contributed by atoms with Crippen molar-refractivity contribution in [1.82, 2.24) is 5.32 Å². The van der Waals surface area contributed by atoms with Gasteiger partial charge in [-0.25, -0.2) is 0 Å². The molecule has 0 heterocycles. The van der Waals surface area contributed by atoms with Gasteiger partial charge in [-0.15, -0.1) is 0 Å². The van der Waals surface area contributed by atoms with E-state index < -0.39 is 0 Å². The minimum atomic E-state index is -0.289. The van der Waals surface area contributed by atoms with Crippen molar-refractivity contribution in [3.63, 3.8) is 0 Å². The van der Waals surface area contributed by atoms with Crippen molar-refractivity contribution >= 4 is 18.5 Å². The number of hydrogen-bond donors (Lipinski definition) is 2. The van der Waals surface area contributed by atoms with Crippen molar-refractivity contribution in [1.29, 1.82) is 0 Å². The molecule has 21 heavy (non-hydrogen) atoms. The van der Waals surface area contributed by atoms with E-state index in [2.05, 4.69) is 42.2 Å². The summed E-state index contributed by atoms with van der Waals surface area (Å²) in [5.41, 5.74) is 3.92. The molecule has 2 aromatic carbocycles. The van der Waals surface area contributed by atoms with Gasteiger partial charge in [0.05, 0.1) is 5.25 Å². The molecule has 2 unspecified atom stereocenters. The molecule has 2 aromatic rings. The second kappa shape index (κ2) is 6.35. The fourth-order valence-corrected chi connectivity index (χ4v) is 3.12. The lowest BCUT2D eigenvalue weighted by molar-refractivity contribution is -0.120. The van der Waals surface area contributed by atoms with Crippen LogP contribution in [0.25, 0.3) is 0 Å². The van der Waals surface area contributed by atoms with E-state index in [0.717, 1.165) is 12.0 Å². The molecule has 3 rings (SSSR count). The summed E-state index contributed by atoms with van der Waals surface area (Å²) in [6.07, 6.45) is 1.73. The summed E-state index contributed by atoms with van der Waals surface area (Å²) >= 11 is 4.43. The molecule has 2 nitrogen and oxygen atoms in total. The molecule has 0 spiro atoms. The van der Waals surface area contributed by atoms with Crippen molar-refractivity contribution in [3.8, 4) is 0 Å². The molecular weight excluding hydrogens is 278 g/mol. The maximum atomic E-state index is 12.1. The summed E-state index contributed by atoms with van der Waals surface area (Å²) in [6.45, 7) is 0.710. The van der Waals surface area contributed by atoms with Crippen LogP contribution in [0.3, 0.4) is 0 Å². The predicted molar refractivity (Wildman–Crippen MR) is 88.8 cm³/mol. The second-order valence-corrected chi connectivity index (χ2v) is 6.17. The third-order valence-corrected chi connectivity index (χ3v) is 4.48. The molecule has 1 aliphatic rings. The van der Waals surface area contributed by atoms with Crippen molar-refractivity contribution in [3.05, 3.63) is 71.3 Å². The van der Waals surface area contributed by atoms with Crippen molar-refractivity contribution in [2.24, 2.45) is 0 Å². The zero-order chi connectivity index (χ0) is 14.7. The van der Waals surface area contributed by atoms with Gasteiger partial charge in [-0.1, -0.05) is 54.6 Å². The minimum absolute atomic E-state index is 0.0200. The Bertz CT molecular complexity index is 626. The van der Waals surface area contributed by atoms with E-state index in [0.29, 0.717) is 18.9 Å². The van der Waals surface area contributed by atoms with E-state index in [1.54, 1.807) is 0 Å². The summed E-state index contributed by atoms with van der Waals surface area (Å²) in [7, 11) is 0. The highest BCUT2D eigenvalue weighted by Gasteiger charge is 2.26. The number of rotatable bonds is 5. The van der Waals surface area contributed by atoms with Crippen molar-refractivity contribution < 1.29 is 4.79 Å². The third kappa shape index (κ3) is 3.30. The van der Waals surface area contributed by atoms with Crippen molar-refractivity contribution in [2.45, 2.75) is 24.0 Å². The normalized spacial score (nSPS) is 17.5. The highest BCUT2D eigenvalue weighted by atomic mass is 32.1. The van der Waals surface area contributed by atoms with Crippen LogP contribution in [0.2, 0.25) is 0 Å². The Balaban J connectivity index is 1.49. The molecule has 3 heteroatoms. The van der Waals surface area contributed by atoms with Gasteiger partial charge in [-0.05, 0) is 29.5 Å². The van der Waals surface area contributed by atoms with E-state index in [1.165, 1.54) is 11.1 Å². The highest BCUT2D eigenvalue weighted by molar-refractivity contribution is 7.81. The van der Waals surface area contributed by atoms with Crippen LogP contribution < -0.4 is 5.32 Å². The van der Waals surface area contributed by atoms with Crippen LogP contribution in [0.1, 0.15) is 22.6 Å². The first-order chi connectivity index (χ1) is 10.2. The Morgan fingerprint density at radius 1 is 1.14 bits per heavy atom.